The Morgan fingerprint density at radius 3 is 2.49 bits per heavy atom. The number of aliphatic hydroxyl groups excluding tert-OH is 1. The van der Waals surface area contributed by atoms with Crippen LogP contribution in [0, 0.1) is 11.8 Å². The number of fused-ring (bicyclic) bond motifs is 2. The molecule has 0 radical (unpaired) electrons. The van der Waals surface area contributed by atoms with Crippen LogP contribution in [-0.4, -0.2) is 87.6 Å². The molecule has 2 N–H and O–H groups in total. The average molecular weight is 566 g/mol. The number of nitrogens with one attached hydrogen (secondary N) is 1. The van der Waals surface area contributed by atoms with Crippen molar-refractivity contribution in [2.24, 2.45) is 11.8 Å². The molecule has 0 aliphatic carbocycles. The Hall–Kier alpha value is -3.50. The van der Waals surface area contributed by atoms with Crippen molar-refractivity contribution in [3.05, 3.63) is 60.2 Å². The van der Waals surface area contributed by atoms with Gasteiger partial charge in [-0.3, -0.25) is 19.2 Å². The van der Waals surface area contributed by atoms with Gasteiger partial charge in [0.25, 0.3) is 0 Å². The number of benzene rings is 1. The maximum atomic E-state index is 14.3. The molecule has 10 nitrogen and oxygen atoms in total. The second kappa shape index (κ2) is 11.4. The molecule has 2 saturated heterocycles. The number of aliphatic hydroxyl groups is 1. The third-order valence-electron chi connectivity index (χ3n) is 8.68. The van der Waals surface area contributed by atoms with Crippen LogP contribution < -0.4 is 5.32 Å². The molecule has 2 fully saturated rings. The molecule has 0 bridgehead atoms. The summed E-state index contributed by atoms with van der Waals surface area (Å²) in [5.74, 6) is -3.62. The quantitative estimate of drug-likeness (QED) is 0.422. The number of hydrogen-bond donors (Lipinski definition) is 2. The first-order chi connectivity index (χ1) is 19.6. The first kappa shape index (κ1) is 29.0. The summed E-state index contributed by atoms with van der Waals surface area (Å²) in [5, 5.41) is 13.0. The minimum Gasteiger partial charge on any atom is -0.455 e. The second-order valence-corrected chi connectivity index (χ2v) is 11.7. The van der Waals surface area contributed by atoms with E-state index in [1.807, 2.05) is 50.3 Å². The van der Waals surface area contributed by atoms with Gasteiger partial charge in [0.1, 0.15) is 23.7 Å². The molecule has 220 valence electrons. The van der Waals surface area contributed by atoms with E-state index >= 15 is 0 Å². The third-order valence-corrected chi connectivity index (χ3v) is 8.68. The van der Waals surface area contributed by atoms with Crippen LogP contribution in [0.5, 0.6) is 0 Å². The molecule has 4 heterocycles. The lowest BCUT2D eigenvalue weighted by Crippen LogP contribution is -2.58. The normalized spacial score (nSPS) is 35.5. The van der Waals surface area contributed by atoms with Crippen molar-refractivity contribution in [1.82, 2.24) is 15.1 Å². The van der Waals surface area contributed by atoms with Gasteiger partial charge >= 0.3 is 5.97 Å². The minimum absolute atomic E-state index is 0.139. The fourth-order valence-electron chi connectivity index (χ4n) is 6.69. The van der Waals surface area contributed by atoms with Crippen molar-refractivity contribution in [3.63, 3.8) is 0 Å². The van der Waals surface area contributed by atoms with E-state index < -0.39 is 59.6 Å². The molecule has 0 aromatic heterocycles. The molecule has 3 amide bonds. The Morgan fingerprint density at radius 1 is 1.07 bits per heavy atom. The van der Waals surface area contributed by atoms with Crippen molar-refractivity contribution in [2.45, 2.75) is 82.5 Å². The Balaban J connectivity index is 1.62. The zero-order chi connectivity index (χ0) is 29.5. The molecular formula is C31H39N3O7. The monoisotopic (exact) mass is 565 g/mol. The number of rotatable bonds is 4. The smallest absolute Gasteiger partial charge is 0.313 e. The number of allylic oxidation sites excluding steroid dienone is 1. The Labute approximate surface area is 240 Å². The molecule has 5 rings (SSSR count). The summed E-state index contributed by atoms with van der Waals surface area (Å²) < 4.78 is 12.8. The average Bonchev–Trinajstić information content (AvgIpc) is 3.34. The number of nitrogens with zero attached hydrogens (tertiary/aromatic N) is 2. The van der Waals surface area contributed by atoms with Gasteiger partial charge in [0.2, 0.25) is 17.7 Å². The number of carbonyl (C=O) groups excluding carboxylic acids is 4. The highest BCUT2D eigenvalue weighted by Gasteiger charge is 2.72. The highest BCUT2D eigenvalue weighted by Crippen LogP contribution is 2.54. The largest absolute Gasteiger partial charge is 0.455 e. The van der Waals surface area contributed by atoms with Gasteiger partial charge in [-0.15, -0.1) is 0 Å². The third kappa shape index (κ3) is 4.97. The summed E-state index contributed by atoms with van der Waals surface area (Å²) in [4.78, 5) is 58.2. The lowest BCUT2D eigenvalue weighted by atomic mass is 9.77. The fraction of sp³-hybridized carbons (Fsp3) is 0.548. The van der Waals surface area contributed by atoms with Crippen LogP contribution in [-0.2, 0) is 28.7 Å². The van der Waals surface area contributed by atoms with Gasteiger partial charge in [-0.05, 0) is 39.7 Å². The number of cyclic esters (lactones) is 1. The Bertz CT molecular complexity index is 1250. The van der Waals surface area contributed by atoms with Gasteiger partial charge < -0.3 is 29.7 Å². The van der Waals surface area contributed by atoms with Crippen molar-refractivity contribution >= 4 is 23.7 Å². The fourth-order valence-corrected chi connectivity index (χ4v) is 6.69. The zero-order valence-corrected chi connectivity index (χ0v) is 23.9. The lowest BCUT2D eigenvalue weighted by molar-refractivity contribution is -0.162. The number of carbonyl (C=O) groups is 4. The summed E-state index contributed by atoms with van der Waals surface area (Å²) in [6.45, 7) is 7.25. The molecule has 4 aliphatic rings. The van der Waals surface area contributed by atoms with Crippen molar-refractivity contribution in [3.8, 4) is 0 Å². The lowest BCUT2D eigenvalue weighted by Gasteiger charge is -2.38. The van der Waals surface area contributed by atoms with E-state index in [4.69, 9.17) is 9.47 Å². The van der Waals surface area contributed by atoms with Crippen LogP contribution in [0.1, 0.15) is 52.2 Å². The predicted octanol–water partition coefficient (Wildman–Crippen LogP) is 1.89. The van der Waals surface area contributed by atoms with Crippen molar-refractivity contribution in [2.75, 3.05) is 13.2 Å². The molecule has 0 unspecified atom stereocenters. The van der Waals surface area contributed by atoms with Crippen LogP contribution in [0.25, 0.3) is 0 Å². The van der Waals surface area contributed by atoms with E-state index in [9.17, 15) is 24.3 Å². The second-order valence-electron chi connectivity index (χ2n) is 11.7. The van der Waals surface area contributed by atoms with Crippen molar-refractivity contribution < 1.29 is 33.8 Å². The first-order valence-electron chi connectivity index (χ1n) is 14.4. The standard InChI is InChI=1S/C31H39N3O7/c1-18(2)33-16-10-15-31-25(28(37)34(19(3)17-35)27(31)29(33)38)24-22(41-31)13-8-9-14-23(36)32-20(4)26(40-30(24)39)21-11-6-5-7-12-21/h5-8,10-13,15,18-20,22,24-27,35H,9,14,16-17H2,1-4H3,(H,32,36)/b13-8-/t19-,20-,22-,24+,25+,26+,27-,31+/m1/s1. The van der Waals surface area contributed by atoms with E-state index in [0.29, 0.717) is 18.5 Å². The van der Waals surface area contributed by atoms with E-state index in [2.05, 4.69) is 5.32 Å². The van der Waals surface area contributed by atoms with Gasteiger partial charge in [-0.2, -0.15) is 0 Å². The van der Waals surface area contributed by atoms with Gasteiger partial charge in [-0.25, -0.2) is 0 Å². The minimum atomic E-state index is -1.43. The topological polar surface area (TPSA) is 125 Å². The summed E-state index contributed by atoms with van der Waals surface area (Å²) >= 11 is 0. The predicted molar refractivity (Wildman–Crippen MR) is 149 cm³/mol. The molecule has 4 aliphatic heterocycles. The van der Waals surface area contributed by atoms with Crippen LogP contribution in [0.2, 0.25) is 0 Å². The molecule has 1 aromatic rings. The number of hydrogen-bond acceptors (Lipinski definition) is 7. The van der Waals surface area contributed by atoms with Crippen molar-refractivity contribution in [1.29, 1.82) is 0 Å². The molecule has 1 spiro atoms. The highest BCUT2D eigenvalue weighted by molar-refractivity contribution is 5.99. The number of esters is 1. The van der Waals surface area contributed by atoms with Gasteiger partial charge in [-0.1, -0.05) is 54.6 Å². The van der Waals surface area contributed by atoms with E-state index in [0.717, 1.165) is 0 Å². The summed E-state index contributed by atoms with van der Waals surface area (Å²) in [6, 6.07) is 6.75. The molecule has 10 heteroatoms. The van der Waals surface area contributed by atoms with Gasteiger partial charge in [0.15, 0.2) is 0 Å². The molecule has 41 heavy (non-hydrogen) atoms. The van der Waals surface area contributed by atoms with Crippen LogP contribution in [0.3, 0.4) is 0 Å². The summed E-state index contributed by atoms with van der Waals surface area (Å²) in [5.41, 5.74) is -0.725. The van der Waals surface area contributed by atoms with Crippen LogP contribution >= 0.6 is 0 Å². The molecule has 1 aromatic carbocycles. The zero-order valence-electron chi connectivity index (χ0n) is 23.9. The first-order valence-corrected chi connectivity index (χ1v) is 14.4. The maximum absolute atomic E-state index is 14.3. The molecule has 0 saturated carbocycles. The SMILES string of the molecule is CC(C)N1CC=C[C@]23O[C@@H]4/C=C\CCC(=O)N[C@H](C)[C@@H](c5ccccc5)OC(=O)[C@@H]4[C@H]2C(=O)N([C@H](C)CO)[C@@H]3C1=O. The Morgan fingerprint density at radius 2 is 1.80 bits per heavy atom. The molecule has 8 atom stereocenters. The van der Waals surface area contributed by atoms with Crippen LogP contribution in [0.4, 0.5) is 0 Å². The number of likely N-dealkylation sites (tertiary alicyclic amines) is 1. The molecular weight excluding hydrogens is 526 g/mol. The van der Waals surface area contributed by atoms with E-state index in [1.165, 1.54) is 4.90 Å². The number of ether oxygens (including phenoxy) is 2. The Kier molecular flexibility index (Phi) is 8.07. The summed E-state index contributed by atoms with van der Waals surface area (Å²) in [7, 11) is 0. The van der Waals surface area contributed by atoms with E-state index in [1.54, 1.807) is 37.0 Å². The van der Waals surface area contributed by atoms with E-state index in [-0.39, 0.29) is 30.9 Å². The summed E-state index contributed by atoms with van der Waals surface area (Å²) in [6.07, 6.45) is 6.05. The highest BCUT2D eigenvalue weighted by atomic mass is 16.6. The number of amides is 3. The van der Waals surface area contributed by atoms with Crippen LogP contribution in [0.15, 0.2) is 54.6 Å². The van der Waals surface area contributed by atoms with Gasteiger partial charge in [0.05, 0.1) is 30.7 Å². The maximum Gasteiger partial charge on any atom is 0.313 e. The van der Waals surface area contributed by atoms with Gasteiger partial charge in [0, 0.05) is 19.0 Å².